The Labute approximate surface area is 166 Å². The fraction of sp³-hybridized carbons (Fsp3) is 0.318. The van der Waals surface area contributed by atoms with Crippen LogP contribution in [0.15, 0.2) is 48.7 Å². The smallest absolute Gasteiger partial charge is 0.370 e. The number of halogens is 3. The summed E-state index contributed by atoms with van der Waals surface area (Å²) in [5, 5.41) is 3.66. The van der Waals surface area contributed by atoms with Crippen LogP contribution in [0.2, 0.25) is 0 Å². The number of carbonyl (C=O) groups is 1. The molecule has 7 heteroatoms. The number of hydrogen-bond donors (Lipinski definition) is 2. The predicted molar refractivity (Wildman–Crippen MR) is 108 cm³/mol. The van der Waals surface area contributed by atoms with E-state index >= 15 is 0 Å². The number of carbonyl (C=O) groups excluding carboxylic acids is 1. The maximum absolute atomic E-state index is 13.2. The third kappa shape index (κ3) is 4.23. The summed E-state index contributed by atoms with van der Waals surface area (Å²) >= 11 is 0. The first-order valence-corrected chi connectivity index (χ1v) is 9.73. The van der Waals surface area contributed by atoms with Crippen molar-refractivity contribution in [3.05, 3.63) is 59.8 Å². The summed E-state index contributed by atoms with van der Waals surface area (Å²) in [6.45, 7) is 1.55. The summed E-state index contributed by atoms with van der Waals surface area (Å²) in [5.74, 6) is -0.340. The molecule has 0 radical (unpaired) electrons. The third-order valence-electron chi connectivity index (χ3n) is 5.32. The van der Waals surface area contributed by atoms with Crippen molar-refractivity contribution >= 4 is 28.2 Å². The highest BCUT2D eigenvalue weighted by Crippen LogP contribution is 2.36. The first-order chi connectivity index (χ1) is 13.9. The lowest BCUT2D eigenvalue weighted by molar-refractivity contribution is -0.137. The molecule has 0 bridgehead atoms. The Morgan fingerprint density at radius 3 is 2.59 bits per heavy atom. The van der Waals surface area contributed by atoms with Crippen LogP contribution in [0.3, 0.4) is 0 Å². The Balaban J connectivity index is 1.60. The molecular weight excluding hydrogens is 379 g/mol. The second-order valence-electron chi connectivity index (χ2n) is 7.36. The van der Waals surface area contributed by atoms with Crippen LogP contribution in [0.25, 0.3) is 10.9 Å². The summed E-state index contributed by atoms with van der Waals surface area (Å²) in [6, 6.07) is 11.2. The van der Waals surface area contributed by atoms with Crippen LogP contribution in [-0.4, -0.2) is 24.0 Å². The van der Waals surface area contributed by atoms with Crippen LogP contribution in [0.5, 0.6) is 0 Å². The van der Waals surface area contributed by atoms with E-state index in [1.165, 1.54) is 6.07 Å². The van der Waals surface area contributed by atoms with Gasteiger partial charge in [-0.05, 0) is 49.1 Å². The highest BCUT2D eigenvalue weighted by atomic mass is 19.4. The standard InChI is InChI=1S/C22H22F3N3O/c23-22(24,25)16-8-9-20(28-10-4-1-5-11-28)19(13-16)27-21(29)12-15-14-26-18-7-3-2-6-17(15)18/h2-3,6-9,13-14,26H,1,4-5,10-12H2,(H,27,29). The van der Waals surface area contributed by atoms with Gasteiger partial charge in [0.2, 0.25) is 5.91 Å². The average Bonchev–Trinajstić information content (AvgIpc) is 3.11. The first kappa shape index (κ1) is 19.4. The van der Waals surface area contributed by atoms with Crippen LogP contribution < -0.4 is 10.2 Å². The van der Waals surface area contributed by atoms with E-state index in [4.69, 9.17) is 0 Å². The summed E-state index contributed by atoms with van der Waals surface area (Å²) in [6.07, 6.45) is 0.477. The number of piperidine rings is 1. The van der Waals surface area contributed by atoms with Crippen molar-refractivity contribution in [2.45, 2.75) is 31.9 Å². The number of para-hydroxylation sites is 1. The van der Waals surface area contributed by atoms with Gasteiger partial charge in [0, 0.05) is 30.2 Å². The van der Waals surface area contributed by atoms with E-state index in [0.717, 1.165) is 61.0 Å². The van der Waals surface area contributed by atoms with E-state index < -0.39 is 11.7 Å². The molecule has 3 aromatic rings. The molecule has 1 aliphatic rings. The molecule has 1 fully saturated rings. The number of fused-ring (bicyclic) bond motifs is 1. The molecule has 1 amide bonds. The van der Waals surface area contributed by atoms with E-state index in [2.05, 4.69) is 10.3 Å². The van der Waals surface area contributed by atoms with Crippen LogP contribution in [0.4, 0.5) is 24.5 Å². The second kappa shape index (κ2) is 7.81. The van der Waals surface area contributed by atoms with Crippen LogP contribution in [0, 0.1) is 0 Å². The molecule has 2 heterocycles. The minimum atomic E-state index is -4.46. The van der Waals surface area contributed by atoms with Gasteiger partial charge in [0.1, 0.15) is 0 Å². The third-order valence-corrected chi connectivity index (χ3v) is 5.32. The number of aromatic amines is 1. The Kier molecular flexibility index (Phi) is 5.22. The van der Waals surface area contributed by atoms with Gasteiger partial charge >= 0.3 is 6.18 Å². The maximum atomic E-state index is 13.2. The molecule has 0 unspecified atom stereocenters. The molecule has 0 atom stereocenters. The van der Waals surface area contributed by atoms with Crippen LogP contribution in [-0.2, 0) is 17.4 Å². The summed E-state index contributed by atoms with van der Waals surface area (Å²) in [5.41, 5.74) is 1.82. The summed E-state index contributed by atoms with van der Waals surface area (Å²) in [7, 11) is 0. The molecule has 29 heavy (non-hydrogen) atoms. The van der Waals surface area contributed by atoms with Gasteiger partial charge in [-0.15, -0.1) is 0 Å². The second-order valence-corrected chi connectivity index (χ2v) is 7.36. The molecule has 152 valence electrons. The van der Waals surface area contributed by atoms with Crippen molar-refractivity contribution in [3.63, 3.8) is 0 Å². The van der Waals surface area contributed by atoms with Gasteiger partial charge in [-0.3, -0.25) is 4.79 Å². The molecule has 1 saturated heterocycles. The van der Waals surface area contributed by atoms with Gasteiger partial charge in [-0.2, -0.15) is 13.2 Å². The number of benzene rings is 2. The highest BCUT2D eigenvalue weighted by Gasteiger charge is 2.32. The molecule has 4 nitrogen and oxygen atoms in total. The SMILES string of the molecule is O=C(Cc1c[nH]c2ccccc12)Nc1cc(C(F)(F)F)ccc1N1CCCCC1. The van der Waals surface area contributed by atoms with Crippen molar-refractivity contribution < 1.29 is 18.0 Å². The summed E-state index contributed by atoms with van der Waals surface area (Å²) in [4.78, 5) is 17.9. The van der Waals surface area contributed by atoms with Gasteiger partial charge in [-0.25, -0.2) is 0 Å². The Morgan fingerprint density at radius 2 is 1.83 bits per heavy atom. The van der Waals surface area contributed by atoms with E-state index in [9.17, 15) is 18.0 Å². The lowest BCUT2D eigenvalue weighted by atomic mass is 10.1. The monoisotopic (exact) mass is 401 g/mol. The number of alkyl halides is 3. The predicted octanol–water partition coefficient (Wildman–Crippen LogP) is 5.36. The minimum Gasteiger partial charge on any atom is -0.370 e. The van der Waals surface area contributed by atoms with Crippen molar-refractivity contribution in [2.24, 2.45) is 0 Å². The zero-order valence-electron chi connectivity index (χ0n) is 15.9. The quantitative estimate of drug-likeness (QED) is 0.618. The molecule has 0 aliphatic carbocycles. The molecule has 2 N–H and O–H groups in total. The molecule has 1 aliphatic heterocycles. The topological polar surface area (TPSA) is 48.1 Å². The number of aromatic nitrogens is 1. The molecule has 0 saturated carbocycles. The van der Waals surface area contributed by atoms with Gasteiger partial charge in [0.05, 0.1) is 23.4 Å². The molecule has 2 aromatic carbocycles. The highest BCUT2D eigenvalue weighted by molar-refractivity contribution is 5.98. The zero-order chi connectivity index (χ0) is 20.4. The van der Waals surface area contributed by atoms with Gasteiger partial charge < -0.3 is 15.2 Å². The van der Waals surface area contributed by atoms with Crippen molar-refractivity contribution in [1.29, 1.82) is 0 Å². The van der Waals surface area contributed by atoms with Gasteiger partial charge in [-0.1, -0.05) is 18.2 Å². The first-order valence-electron chi connectivity index (χ1n) is 9.73. The fourth-order valence-electron chi connectivity index (χ4n) is 3.87. The zero-order valence-corrected chi connectivity index (χ0v) is 15.9. The van der Waals surface area contributed by atoms with E-state index in [1.807, 2.05) is 29.2 Å². The number of nitrogens with one attached hydrogen (secondary N) is 2. The molecule has 1 aromatic heterocycles. The molecule has 4 rings (SSSR count). The van der Waals surface area contributed by atoms with E-state index in [-0.39, 0.29) is 18.0 Å². The van der Waals surface area contributed by atoms with Crippen molar-refractivity contribution in [1.82, 2.24) is 4.98 Å². The fourth-order valence-corrected chi connectivity index (χ4v) is 3.87. The Hall–Kier alpha value is -2.96. The number of nitrogens with zero attached hydrogens (tertiary/aromatic N) is 1. The van der Waals surface area contributed by atoms with Gasteiger partial charge in [0.25, 0.3) is 0 Å². The Morgan fingerprint density at radius 1 is 1.07 bits per heavy atom. The average molecular weight is 401 g/mol. The van der Waals surface area contributed by atoms with Crippen molar-refractivity contribution in [3.8, 4) is 0 Å². The summed E-state index contributed by atoms with van der Waals surface area (Å²) < 4.78 is 39.7. The number of anilines is 2. The maximum Gasteiger partial charge on any atom is 0.416 e. The number of rotatable bonds is 4. The normalized spacial score (nSPS) is 14.9. The molecule has 0 spiro atoms. The molecular formula is C22H22F3N3O. The number of amides is 1. The van der Waals surface area contributed by atoms with Gasteiger partial charge in [0.15, 0.2) is 0 Å². The minimum absolute atomic E-state index is 0.0830. The Bertz CT molecular complexity index is 1020. The lowest BCUT2D eigenvalue weighted by Gasteiger charge is -2.31. The van der Waals surface area contributed by atoms with E-state index in [0.29, 0.717) is 5.69 Å². The number of H-pyrrole nitrogens is 1. The largest absolute Gasteiger partial charge is 0.416 e. The van der Waals surface area contributed by atoms with Crippen molar-refractivity contribution in [2.75, 3.05) is 23.3 Å². The van der Waals surface area contributed by atoms with Crippen LogP contribution in [0.1, 0.15) is 30.4 Å². The van der Waals surface area contributed by atoms with E-state index in [1.54, 1.807) is 6.20 Å². The number of hydrogen-bond acceptors (Lipinski definition) is 2. The van der Waals surface area contributed by atoms with Crippen LogP contribution >= 0.6 is 0 Å². The lowest BCUT2D eigenvalue weighted by Crippen LogP contribution is -2.30.